The predicted molar refractivity (Wildman–Crippen MR) is 81.1 cm³/mol. The third-order valence-electron chi connectivity index (χ3n) is 2.27. The van der Waals surface area contributed by atoms with Crippen LogP contribution in [0.25, 0.3) is 0 Å². The van der Waals surface area contributed by atoms with Crippen molar-refractivity contribution in [3.8, 4) is 0 Å². The molecule has 0 aromatic heterocycles. The molecule has 0 fully saturated rings. The molecule has 16 heavy (non-hydrogen) atoms. The van der Waals surface area contributed by atoms with Crippen LogP contribution in [0, 0.1) is 5.92 Å². The van der Waals surface area contributed by atoms with Crippen molar-refractivity contribution in [2.75, 3.05) is 37.8 Å². The number of nitrogens with zero attached hydrogens (tertiary/aromatic N) is 1. The first-order chi connectivity index (χ1) is 7.41. The highest BCUT2D eigenvalue weighted by molar-refractivity contribution is 8.90. The third kappa shape index (κ3) is 8.98. The molecule has 0 aliphatic rings. The Morgan fingerprint density at radius 1 is 1.19 bits per heavy atom. The summed E-state index contributed by atoms with van der Waals surface area (Å²) in [6.07, 6.45) is 0. The SMILES string of the molecule is CCN(CC)CCSP(C)(=O)SCC(C)C. The Kier molecular flexibility index (Phi) is 9.40. The Bertz CT molecular complexity index is 220. The van der Waals surface area contributed by atoms with E-state index in [1.807, 2.05) is 6.66 Å². The van der Waals surface area contributed by atoms with Gasteiger partial charge in [-0.3, -0.25) is 0 Å². The second-order valence-electron chi connectivity index (χ2n) is 4.32. The molecule has 0 aliphatic heterocycles. The van der Waals surface area contributed by atoms with Crippen LogP contribution in [0.2, 0.25) is 0 Å². The first kappa shape index (κ1) is 16.9. The van der Waals surface area contributed by atoms with Gasteiger partial charge in [-0.2, -0.15) is 0 Å². The highest BCUT2D eigenvalue weighted by Gasteiger charge is 2.17. The lowest BCUT2D eigenvalue weighted by Crippen LogP contribution is -2.25. The minimum atomic E-state index is -2.02. The minimum Gasteiger partial charge on any atom is -0.303 e. The molecule has 0 aromatic rings. The summed E-state index contributed by atoms with van der Waals surface area (Å²) < 4.78 is 12.2. The van der Waals surface area contributed by atoms with Crippen LogP contribution in [-0.4, -0.2) is 42.7 Å². The fraction of sp³-hybridized carbons (Fsp3) is 1.00. The maximum Gasteiger partial charge on any atom is 0.188 e. The van der Waals surface area contributed by atoms with Crippen LogP contribution in [-0.2, 0) is 4.57 Å². The Morgan fingerprint density at radius 2 is 1.75 bits per heavy atom. The lowest BCUT2D eigenvalue weighted by atomic mass is 10.3. The molecule has 0 aliphatic carbocycles. The average Bonchev–Trinajstić information content (AvgIpc) is 2.22. The van der Waals surface area contributed by atoms with Gasteiger partial charge in [0.1, 0.15) is 0 Å². The maximum atomic E-state index is 12.2. The van der Waals surface area contributed by atoms with E-state index in [1.54, 1.807) is 22.8 Å². The molecule has 0 N–H and O–H groups in total. The lowest BCUT2D eigenvalue weighted by Gasteiger charge is -2.19. The van der Waals surface area contributed by atoms with Crippen LogP contribution in [0.1, 0.15) is 27.7 Å². The van der Waals surface area contributed by atoms with E-state index in [0.29, 0.717) is 5.92 Å². The topological polar surface area (TPSA) is 20.3 Å². The second kappa shape index (κ2) is 8.91. The van der Waals surface area contributed by atoms with E-state index in [4.69, 9.17) is 0 Å². The summed E-state index contributed by atoms with van der Waals surface area (Å²) in [6.45, 7) is 13.8. The summed E-state index contributed by atoms with van der Waals surface area (Å²) >= 11 is 3.31. The maximum absolute atomic E-state index is 12.2. The summed E-state index contributed by atoms with van der Waals surface area (Å²) in [5, 5.41) is 0. The number of hydrogen-bond acceptors (Lipinski definition) is 4. The summed E-state index contributed by atoms with van der Waals surface area (Å²) in [5.74, 6) is 2.62. The fourth-order valence-corrected chi connectivity index (χ4v) is 7.57. The summed E-state index contributed by atoms with van der Waals surface area (Å²) in [7, 11) is 0. The monoisotopic (exact) mass is 283 g/mol. The molecule has 0 saturated carbocycles. The minimum absolute atomic E-state index is 0.627. The van der Waals surface area contributed by atoms with Crippen molar-refractivity contribution in [3.63, 3.8) is 0 Å². The van der Waals surface area contributed by atoms with E-state index < -0.39 is 5.55 Å². The number of rotatable bonds is 9. The molecule has 1 unspecified atom stereocenters. The van der Waals surface area contributed by atoms with Crippen LogP contribution in [0.5, 0.6) is 0 Å². The predicted octanol–water partition coefficient (Wildman–Crippen LogP) is 4.27. The van der Waals surface area contributed by atoms with Crippen molar-refractivity contribution in [2.24, 2.45) is 5.92 Å². The van der Waals surface area contributed by atoms with Crippen molar-refractivity contribution in [3.05, 3.63) is 0 Å². The zero-order valence-electron chi connectivity index (χ0n) is 11.2. The Labute approximate surface area is 109 Å². The molecule has 0 bridgehead atoms. The molecule has 0 rings (SSSR count). The van der Waals surface area contributed by atoms with Crippen LogP contribution in [0.4, 0.5) is 0 Å². The quantitative estimate of drug-likeness (QED) is 0.588. The van der Waals surface area contributed by atoms with Crippen LogP contribution in [0.15, 0.2) is 0 Å². The Balaban J connectivity index is 3.77. The van der Waals surface area contributed by atoms with Crippen molar-refractivity contribution in [1.29, 1.82) is 0 Å². The molecule has 2 nitrogen and oxygen atoms in total. The molecule has 0 radical (unpaired) electrons. The van der Waals surface area contributed by atoms with E-state index in [1.165, 1.54) is 0 Å². The highest BCUT2D eigenvalue weighted by atomic mass is 33.1. The summed E-state index contributed by atoms with van der Waals surface area (Å²) in [5.41, 5.74) is -2.02. The average molecular weight is 283 g/mol. The summed E-state index contributed by atoms with van der Waals surface area (Å²) in [4.78, 5) is 2.38. The van der Waals surface area contributed by atoms with Gasteiger partial charge >= 0.3 is 0 Å². The Morgan fingerprint density at radius 3 is 2.19 bits per heavy atom. The van der Waals surface area contributed by atoms with Gasteiger partial charge in [-0.1, -0.05) is 50.5 Å². The van der Waals surface area contributed by atoms with Gasteiger partial charge in [0, 0.05) is 24.7 Å². The zero-order chi connectivity index (χ0) is 12.6. The first-order valence-corrected chi connectivity index (χ1v) is 11.3. The van der Waals surface area contributed by atoms with Gasteiger partial charge in [0.05, 0.1) is 0 Å². The molecule has 1 atom stereocenters. The molecule has 0 spiro atoms. The van der Waals surface area contributed by atoms with E-state index in [0.717, 1.165) is 31.1 Å². The molecule has 0 saturated heterocycles. The second-order valence-corrected chi connectivity index (χ2v) is 13.5. The largest absolute Gasteiger partial charge is 0.303 e. The molecular weight excluding hydrogens is 257 g/mol. The molecule has 5 heteroatoms. The molecular formula is C11H26NOPS2. The zero-order valence-corrected chi connectivity index (χ0v) is 13.8. The Hall–Kier alpha value is 0.890. The molecule has 0 amide bonds. The van der Waals surface area contributed by atoms with Crippen molar-refractivity contribution in [1.82, 2.24) is 4.90 Å². The molecule has 0 aromatic carbocycles. The van der Waals surface area contributed by atoms with Gasteiger partial charge in [-0.05, 0) is 19.0 Å². The van der Waals surface area contributed by atoms with Gasteiger partial charge in [-0.15, -0.1) is 0 Å². The van der Waals surface area contributed by atoms with Crippen LogP contribution in [0.3, 0.4) is 0 Å². The molecule has 98 valence electrons. The molecule has 0 heterocycles. The van der Waals surface area contributed by atoms with Crippen LogP contribution < -0.4 is 0 Å². The normalized spacial score (nSPS) is 15.7. The highest BCUT2D eigenvalue weighted by Crippen LogP contribution is 2.66. The van der Waals surface area contributed by atoms with E-state index in [2.05, 4.69) is 32.6 Å². The summed E-state index contributed by atoms with van der Waals surface area (Å²) in [6, 6.07) is 0. The number of hydrogen-bond donors (Lipinski definition) is 0. The van der Waals surface area contributed by atoms with Crippen LogP contribution >= 0.6 is 28.3 Å². The van der Waals surface area contributed by atoms with E-state index in [-0.39, 0.29) is 0 Å². The standard InChI is InChI=1S/C11H26NOPS2/c1-6-12(7-2)8-9-15-14(5,13)16-10-11(3)4/h11H,6-10H2,1-5H3. The van der Waals surface area contributed by atoms with E-state index in [9.17, 15) is 4.57 Å². The van der Waals surface area contributed by atoms with Crippen molar-refractivity contribution >= 4 is 28.3 Å². The third-order valence-corrected chi connectivity index (χ3v) is 10.1. The van der Waals surface area contributed by atoms with Gasteiger partial charge < -0.3 is 9.46 Å². The van der Waals surface area contributed by atoms with Crippen molar-refractivity contribution in [2.45, 2.75) is 27.7 Å². The first-order valence-electron chi connectivity index (χ1n) is 6.00. The van der Waals surface area contributed by atoms with Crippen molar-refractivity contribution < 1.29 is 4.57 Å². The smallest absolute Gasteiger partial charge is 0.188 e. The van der Waals surface area contributed by atoms with Gasteiger partial charge in [0.25, 0.3) is 0 Å². The lowest BCUT2D eigenvalue weighted by molar-refractivity contribution is 0.324. The fourth-order valence-electron chi connectivity index (χ4n) is 1.20. The van der Waals surface area contributed by atoms with Gasteiger partial charge in [0.2, 0.25) is 0 Å². The van der Waals surface area contributed by atoms with Gasteiger partial charge in [-0.25, -0.2) is 0 Å². The van der Waals surface area contributed by atoms with Gasteiger partial charge in [0.15, 0.2) is 5.55 Å². The van der Waals surface area contributed by atoms with E-state index >= 15 is 0 Å².